The topological polar surface area (TPSA) is 142 Å². The number of Topliss-reactive ketones (excluding diaryl/α,β-unsaturated/α-hetero) is 1. The normalized spacial score (nSPS) is 13.2. The lowest BCUT2D eigenvalue weighted by molar-refractivity contribution is -0.125. The van der Waals surface area contributed by atoms with E-state index in [1.165, 1.54) is 30.9 Å². The van der Waals surface area contributed by atoms with Gasteiger partial charge in [0.2, 0.25) is 13.3 Å². The molecule has 0 aliphatic heterocycles. The molecule has 3 aromatic carbocycles. The fraction of sp³-hybridized carbons (Fsp3) is 0.226. The van der Waals surface area contributed by atoms with E-state index >= 15 is 0 Å². The predicted molar refractivity (Wildman–Crippen MR) is 166 cm³/mol. The molecule has 2 atom stereocenters. The molecule has 44 heavy (non-hydrogen) atoms. The van der Waals surface area contributed by atoms with Crippen molar-refractivity contribution < 1.29 is 28.2 Å². The molecule has 0 saturated heterocycles. The fourth-order valence-electron chi connectivity index (χ4n) is 4.18. The van der Waals surface area contributed by atoms with Crippen LogP contribution >= 0.6 is 19.0 Å². The van der Waals surface area contributed by atoms with E-state index in [2.05, 4.69) is 20.8 Å². The first-order valence-electron chi connectivity index (χ1n) is 13.6. The van der Waals surface area contributed by atoms with Gasteiger partial charge in [0.05, 0.1) is 23.5 Å². The summed E-state index contributed by atoms with van der Waals surface area (Å²) in [5.41, 5.74) is 3.07. The molecule has 0 spiro atoms. The maximum atomic E-state index is 13.5. The summed E-state index contributed by atoms with van der Waals surface area (Å²) >= 11 is 6.18. The maximum absolute atomic E-state index is 13.5. The van der Waals surface area contributed by atoms with E-state index in [9.17, 15) is 18.9 Å². The number of ketones is 1. The van der Waals surface area contributed by atoms with Crippen molar-refractivity contribution in [2.75, 3.05) is 26.5 Å². The van der Waals surface area contributed by atoms with E-state index in [0.29, 0.717) is 33.8 Å². The molecule has 1 N–H and O–H groups in total. The summed E-state index contributed by atoms with van der Waals surface area (Å²) in [6.07, 6.45) is 4.77. The third-order valence-electron chi connectivity index (χ3n) is 6.67. The third kappa shape index (κ3) is 9.54. The minimum atomic E-state index is -2.79. The van der Waals surface area contributed by atoms with Gasteiger partial charge < -0.3 is 14.6 Å². The summed E-state index contributed by atoms with van der Waals surface area (Å²) in [4.78, 5) is 38.9. The average Bonchev–Trinajstić information content (AvgIpc) is 3.55. The molecule has 11 nitrogen and oxygen atoms in total. The zero-order chi connectivity index (χ0) is 31.5. The summed E-state index contributed by atoms with van der Waals surface area (Å²) in [5.74, 6) is -1.24. The number of ether oxygens (including phenoxy) is 1. The van der Waals surface area contributed by atoms with Crippen molar-refractivity contribution in [3.63, 3.8) is 0 Å². The number of nitrogens with one attached hydrogen (secondary N) is 1. The van der Waals surface area contributed by atoms with E-state index in [-0.39, 0.29) is 25.0 Å². The molecule has 0 aliphatic rings. The highest BCUT2D eigenvalue weighted by molar-refractivity contribution is 7.58. The van der Waals surface area contributed by atoms with Crippen LogP contribution < -0.4 is 5.32 Å². The Balaban J connectivity index is 1.43. The molecule has 1 unspecified atom stereocenters. The molecule has 1 amide bonds. The fourth-order valence-corrected chi connectivity index (χ4v) is 4.97. The quantitative estimate of drug-likeness (QED) is 0.120. The van der Waals surface area contributed by atoms with Gasteiger partial charge in [-0.05, 0) is 64.4 Å². The van der Waals surface area contributed by atoms with E-state index in [4.69, 9.17) is 20.9 Å². The van der Waals surface area contributed by atoms with Crippen LogP contribution in [0.1, 0.15) is 27.0 Å². The zero-order valence-electron chi connectivity index (χ0n) is 24.1. The number of tetrazole rings is 1. The van der Waals surface area contributed by atoms with Gasteiger partial charge in [-0.1, -0.05) is 54.1 Å². The maximum Gasteiger partial charge on any atom is 0.338 e. The van der Waals surface area contributed by atoms with Crippen LogP contribution in [0.15, 0.2) is 85.2 Å². The highest BCUT2D eigenvalue weighted by Crippen LogP contribution is 2.40. The predicted octanol–water partition coefficient (Wildman–Crippen LogP) is 4.58. The highest BCUT2D eigenvalue weighted by Gasteiger charge is 2.21. The molecule has 0 aliphatic carbocycles. The van der Waals surface area contributed by atoms with Crippen LogP contribution in [0.4, 0.5) is 0 Å². The Hall–Kier alpha value is -4.44. The van der Waals surface area contributed by atoms with E-state index in [0.717, 1.165) is 5.56 Å². The number of nitrogens with zero attached hydrogens (tertiary/aromatic N) is 4. The van der Waals surface area contributed by atoms with Crippen molar-refractivity contribution >= 4 is 42.7 Å². The van der Waals surface area contributed by atoms with Crippen molar-refractivity contribution in [1.82, 2.24) is 25.5 Å². The van der Waals surface area contributed by atoms with Gasteiger partial charge in [-0.15, -0.1) is 5.10 Å². The van der Waals surface area contributed by atoms with Gasteiger partial charge in [-0.25, -0.2) is 4.79 Å². The minimum Gasteiger partial charge on any atom is -0.462 e. The second kappa shape index (κ2) is 15.3. The second-order valence-corrected chi connectivity index (χ2v) is 13.2. The smallest absolute Gasteiger partial charge is 0.338 e. The Morgan fingerprint density at radius 1 is 1.05 bits per heavy atom. The van der Waals surface area contributed by atoms with Crippen molar-refractivity contribution in [1.29, 1.82) is 0 Å². The number of hydrogen-bond acceptors (Lipinski definition) is 9. The molecule has 228 valence electrons. The molecular formula is C31H31ClN5O6P. The molecule has 0 radical (unpaired) electrons. The number of aromatic nitrogens is 4. The molecule has 0 saturated carbocycles. The van der Waals surface area contributed by atoms with Crippen LogP contribution in [0, 0.1) is 0 Å². The van der Waals surface area contributed by atoms with Crippen LogP contribution in [0.5, 0.6) is 0 Å². The van der Waals surface area contributed by atoms with Crippen LogP contribution in [0.25, 0.3) is 11.8 Å². The Kier molecular flexibility index (Phi) is 11.3. The van der Waals surface area contributed by atoms with Crippen molar-refractivity contribution in [3.05, 3.63) is 112 Å². The first kappa shape index (κ1) is 32.5. The van der Waals surface area contributed by atoms with Crippen LogP contribution in [-0.4, -0.2) is 70.5 Å². The molecule has 0 fully saturated rings. The first-order valence-corrected chi connectivity index (χ1v) is 16.2. The molecular weight excluding hydrogens is 605 g/mol. The number of rotatable bonds is 14. The number of benzene rings is 3. The number of halogens is 1. The molecule has 4 aromatic rings. The lowest BCUT2D eigenvalue weighted by Crippen LogP contribution is -2.42. The van der Waals surface area contributed by atoms with E-state index in [1.54, 1.807) is 48.5 Å². The summed E-state index contributed by atoms with van der Waals surface area (Å²) < 4.78 is 23.5. The number of carbonyl (C=O) groups is 3. The van der Waals surface area contributed by atoms with Gasteiger partial charge in [0, 0.05) is 36.9 Å². The average molecular weight is 636 g/mol. The van der Waals surface area contributed by atoms with E-state index in [1.807, 2.05) is 30.3 Å². The Labute approximate surface area is 259 Å². The molecule has 0 bridgehead atoms. The van der Waals surface area contributed by atoms with Gasteiger partial charge in [0.1, 0.15) is 12.9 Å². The first-order chi connectivity index (χ1) is 21.1. The van der Waals surface area contributed by atoms with Crippen molar-refractivity contribution in [2.24, 2.45) is 0 Å². The number of hydrogen-bond donors (Lipinski definition) is 1. The highest BCUT2D eigenvalue weighted by atomic mass is 35.5. The molecule has 4 rings (SSSR count). The van der Waals surface area contributed by atoms with Crippen LogP contribution in [-0.2, 0) is 36.3 Å². The minimum absolute atomic E-state index is 0.0292. The van der Waals surface area contributed by atoms with E-state index < -0.39 is 25.3 Å². The largest absolute Gasteiger partial charge is 0.462 e. The number of carbonyl (C=O) groups excluding carboxylic acids is 3. The third-order valence-corrected chi connectivity index (χ3v) is 8.67. The molecule has 1 heterocycles. The number of amides is 1. The lowest BCUT2D eigenvalue weighted by atomic mass is 9.97. The Morgan fingerprint density at radius 2 is 1.80 bits per heavy atom. The summed E-state index contributed by atoms with van der Waals surface area (Å²) in [6, 6.07) is 20.1. The standard InChI is InChI=1S/C31H31ClN5O6P/c1-42-44(2,41)17-16-43-31(40)24-10-8-23(9-11-24)19-29(38)27(18-22-6-4-3-5-7-22)34-30(39)15-12-25-20-26(32)13-14-28(25)37-21-33-35-36-37/h3-15,20-21,27H,16-19H2,1-2H3,(H,34,39)/b15-12+/t27-,44?/m0/s1. The number of esters is 1. The molecule has 1 aromatic heterocycles. The van der Waals surface area contributed by atoms with Gasteiger partial charge in [0.25, 0.3) is 0 Å². The zero-order valence-corrected chi connectivity index (χ0v) is 25.8. The Bertz CT molecular complexity index is 1660. The van der Waals surface area contributed by atoms with Crippen molar-refractivity contribution in [3.8, 4) is 5.69 Å². The second-order valence-electron chi connectivity index (χ2n) is 9.94. The van der Waals surface area contributed by atoms with Crippen molar-refractivity contribution in [2.45, 2.75) is 18.9 Å². The SMILES string of the molecule is COP(C)(=O)CCOC(=O)c1ccc(CC(=O)[C@H](Cc2ccccc2)NC(=O)/C=C/c2cc(Cl)ccc2-n2cnnn2)cc1. The summed E-state index contributed by atoms with van der Waals surface area (Å²) in [7, 11) is -1.44. The van der Waals surface area contributed by atoms with Gasteiger partial charge in [-0.3, -0.25) is 14.2 Å². The lowest BCUT2D eigenvalue weighted by Gasteiger charge is -2.17. The summed E-state index contributed by atoms with van der Waals surface area (Å²) in [5, 5.41) is 14.5. The molecule has 13 heteroatoms. The monoisotopic (exact) mass is 635 g/mol. The van der Waals surface area contributed by atoms with Gasteiger partial charge in [-0.2, -0.15) is 4.68 Å². The van der Waals surface area contributed by atoms with Gasteiger partial charge in [0.15, 0.2) is 5.78 Å². The van der Waals surface area contributed by atoms with Gasteiger partial charge >= 0.3 is 5.97 Å². The summed E-state index contributed by atoms with van der Waals surface area (Å²) in [6.45, 7) is 1.44. The van der Waals surface area contributed by atoms with Crippen LogP contribution in [0.3, 0.4) is 0 Å². The van der Waals surface area contributed by atoms with Crippen LogP contribution in [0.2, 0.25) is 5.02 Å². The Morgan fingerprint density at radius 3 is 2.48 bits per heavy atom.